The van der Waals surface area contributed by atoms with Crippen molar-refractivity contribution in [1.29, 1.82) is 0 Å². The van der Waals surface area contributed by atoms with Crippen molar-refractivity contribution >= 4 is 11.9 Å². The number of hydrogen-bond acceptors (Lipinski definition) is 8. The molecule has 0 atom stereocenters. The van der Waals surface area contributed by atoms with Gasteiger partial charge in [-0.15, -0.1) is 10.2 Å². The van der Waals surface area contributed by atoms with Gasteiger partial charge in [0.05, 0.1) is 23.5 Å². The number of rotatable bonds is 4. The number of nitrogens with two attached hydrogens (primary N) is 2. The van der Waals surface area contributed by atoms with Crippen molar-refractivity contribution in [3.05, 3.63) is 72.1 Å². The van der Waals surface area contributed by atoms with Crippen LogP contribution in [-0.2, 0) is 16.8 Å². The monoisotopic (exact) mass is 467 g/mol. The van der Waals surface area contributed by atoms with Crippen LogP contribution in [0.4, 0.5) is 0 Å². The third kappa shape index (κ3) is 5.03. The van der Waals surface area contributed by atoms with Crippen LogP contribution in [0.1, 0.15) is 20.7 Å². The zero-order chi connectivity index (χ0) is 21.7. The van der Waals surface area contributed by atoms with E-state index in [1.165, 1.54) is 24.5 Å². The molecule has 0 aliphatic heterocycles. The van der Waals surface area contributed by atoms with Gasteiger partial charge in [0.2, 0.25) is 0 Å². The van der Waals surface area contributed by atoms with Gasteiger partial charge in [0, 0.05) is 27.9 Å². The van der Waals surface area contributed by atoms with Crippen LogP contribution < -0.4 is 11.7 Å². The Morgan fingerprint density at radius 1 is 0.710 bits per heavy atom. The van der Waals surface area contributed by atoms with Crippen molar-refractivity contribution in [3.8, 4) is 22.5 Å². The van der Waals surface area contributed by atoms with Gasteiger partial charge in [0.15, 0.2) is 0 Å². The standard InChI is InChI=1S/2C9H8N4O2.Co/c2*10-13-8(5-11-12-13)6-3-1-2-4-7(6)9(14)15;/h2*1-5H,10H2,(H,14,15);. The van der Waals surface area contributed by atoms with Crippen LogP contribution in [0, 0.1) is 0 Å². The number of nitrogens with zero attached hydrogens (tertiary/aromatic N) is 6. The molecular formula is C18H16CoN8O4. The van der Waals surface area contributed by atoms with Crippen LogP contribution in [0.25, 0.3) is 22.5 Å². The molecule has 0 unspecified atom stereocenters. The summed E-state index contributed by atoms with van der Waals surface area (Å²) in [5, 5.41) is 32.2. The Labute approximate surface area is 185 Å². The molecule has 2 aromatic carbocycles. The van der Waals surface area contributed by atoms with E-state index in [-0.39, 0.29) is 27.9 Å². The maximum atomic E-state index is 10.9. The molecule has 12 nitrogen and oxygen atoms in total. The fourth-order valence-electron chi connectivity index (χ4n) is 2.66. The van der Waals surface area contributed by atoms with Crippen molar-refractivity contribution < 1.29 is 36.6 Å². The largest absolute Gasteiger partial charge is 0.478 e. The van der Waals surface area contributed by atoms with Crippen molar-refractivity contribution in [2.45, 2.75) is 0 Å². The molecule has 161 valence electrons. The van der Waals surface area contributed by atoms with Crippen LogP contribution in [0.2, 0.25) is 0 Å². The molecule has 4 rings (SSSR count). The predicted octanol–water partition coefficient (Wildman–Crippen LogP) is 0.712. The molecule has 0 aliphatic carbocycles. The average molecular weight is 467 g/mol. The van der Waals surface area contributed by atoms with Crippen molar-refractivity contribution in [1.82, 2.24) is 30.2 Å². The molecule has 0 spiro atoms. The molecule has 0 amide bonds. The van der Waals surface area contributed by atoms with E-state index < -0.39 is 11.9 Å². The summed E-state index contributed by atoms with van der Waals surface area (Å²) < 4.78 is 0. The maximum Gasteiger partial charge on any atom is 0.336 e. The third-order valence-corrected chi connectivity index (χ3v) is 4.02. The number of aromatic nitrogens is 6. The van der Waals surface area contributed by atoms with Gasteiger partial charge in [-0.3, -0.25) is 0 Å². The van der Waals surface area contributed by atoms with Crippen LogP contribution >= 0.6 is 0 Å². The van der Waals surface area contributed by atoms with Gasteiger partial charge in [0.1, 0.15) is 11.4 Å². The maximum absolute atomic E-state index is 10.9. The van der Waals surface area contributed by atoms with E-state index in [9.17, 15) is 9.59 Å². The summed E-state index contributed by atoms with van der Waals surface area (Å²) >= 11 is 0. The summed E-state index contributed by atoms with van der Waals surface area (Å²) in [5.74, 6) is 8.97. The Morgan fingerprint density at radius 2 is 1.06 bits per heavy atom. The molecule has 31 heavy (non-hydrogen) atoms. The Bertz CT molecular complexity index is 1110. The topological polar surface area (TPSA) is 188 Å². The Morgan fingerprint density at radius 3 is 1.35 bits per heavy atom. The van der Waals surface area contributed by atoms with Gasteiger partial charge in [-0.2, -0.15) is 9.58 Å². The molecule has 6 N–H and O–H groups in total. The van der Waals surface area contributed by atoms with Crippen LogP contribution in [0.3, 0.4) is 0 Å². The van der Waals surface area contributed by atoms with E-state index in [4.69, 9.17) is 21.9 Å². The summed E-state index contributed by atoms with van der Waals surface area (Å²) in [6.45, 7) is 0. The third-order valence-electron chi connectivity index (χ3n) is 4.02. The molecule has 4 aromatic rings. The second-order valence-corrected chi connectivity index (χ2v) is 5.83. The van der Waals surface area contributed by atoms with Gasteiger partial charge < -0.3 is 21.9 Å². The van der Waals surface area contributed by atoms with Gasteiger partial charge in [-0.1, -0.05) is 36.4 Å². The van der Waals surface area contributed by atoms with E-state index in [0.717, 1.165) is 9.58 Å². The van der Waals surface area contributed by atoms with Gasteiger partial charge in [0.25, 0.3) is 0 Å². The molecule has 0 fully saturated rings. The van der Waals surface area contributed by atoms with Gasteiger partial charge in [-0.25, -0.2) is 9.59 Å². The first-order chi connectivity index (χ1) is 14.4. The summed E-state index contributed by atoms with van der Waals surface area (Å²) in [7, 11) is 0. The van der Waals surface area contributed by atoms with E-state index in [1.54, 1.807) is 36.4 Å². The molecule has 0 saturated heterocycles. The fourth-order valence-corrected chi connectivity index (χ4v) is 2.66. The second-order valence-electron chi connectivity index (χ2n) is 5.83. The first kappa shape index (κ1) is 23.0. The number of carbonyl (C=O) groups is 2. The molecule has 0 aliphatic rings. The van der Waals surface area contributed by atoms with Gasteiger partial charge in [-0.05, 0) is 22.6 Å². The number of carboxylic acids is 2. The quantitative estimate of drug-likeness (QED) is 0.311. The van der Waals surface area contributed by atoms with Crippen molar-refractivity contribution in [3.63, 3.8) is 0 Å². The predicted molar refractivity (Wildman–Crippen MR) is 105 cm³/mol. The number of nitrogen functional groups attached to an aromatic ring is 2. The molecule has 2 aromatic heterocycles. The number of benzene rings is 2. The van der Waals surface area contributed by atoms with E-state index in [0.29, 0.717) is 22.5 Å². The van der Waals surface area contributed by atoms with E-state index in [1.807, 2.05) is 0 Å². The number of aromatic carboxylic acids is 2. The Balaban J connectivity index is 0.000000213. The molecule has 1 radical (unpaired) electrons. The average Bonchev–Trinajstić information content (AvgIpc) is 3.36. The summed E-state index contributed by atoms with van der Waals surface area (Å²) in [4.78, 5) is 24.0. The SMILES string of the molecule is Nn1nncc1-c1ccccc1C(=O)O.Nn1nncc1-c1ccccc1C(=O)O.[Co]. The Kier molecular flexibility index (Phi) is 7.43. The molecular weight excluding hydrogens is 451 g/mol. The number of hydrogen-bond donors (Lipinski definition) is 4. The summed E-state index contributed by atoms with van der Waals surface area (Å²) in [5.41, 5.74) is 2.27. The minimum Gasteiger partial charge on any atom is -0.478 e. The molecule has 0 saturated carbocycles. The minimum atomic E-state index is -1.01. The summed E-state index contributed by atoms with van der Waals surface area (Å²) in [6.07, 6.45) is 2.84. The Hall–Kier alpha value is -4.23. The second kappa shape index (κ2) is 9.99. The first-order valence-electron chi connectivity index (χ1n) is 8.37. The van der Waals surface area contributed by atoms with Gasteiger partial charge >= 0.3 is 11.9 Å². The summed E-state index contributed by atoms with van der Waals surface area (Å²) in [6, 6.07) is 13.1. The van der Waals surface area contributed by atoms with Crippen molar-refractivity contribution in [2.24, 2.45) is 0 Å². The normalized spacial score (nSPS) is 9.81. The van der Waals surface area contributed by atoms with Crippen molar-refractivity contribution in [2.75, 3.05) is 11.7 Å². The minimum absolute atomic E-state index is 0. The smallest absolute Gasteiger partial charge is 0.336 e. The van der Waals surface area contributed by atoms with Crippen LogP contribution in [-0.4, -0.2) is 52.4 Å². The molecule has 2 heterocycles. The zero-order valence-corrected chi connectivity index (χ0v) is 16.7. The van der Waals surface area contributed by atoms with E-state index >= 15 is 0 Å². The molecule has 0 bridgehead atoms. The zero-order valence-electron chi connectivity index (χ0n) is 15.7. The molecule has 13 heteroatoms. The first-order valence-corrected chi connectivity index (χ1v) is 8.37. The van der Waals surface area contributed by atoms with E-state index in [2.05, 4.69) is 20.6 Å². The van der Waals surface area contributed by atoms with Crippen LogP contribution in [0.15, 0.2) is 60.9 Å². The van der Waals surface area contributed by atoms with Crippen LogP contribution in [0.5, 0.6) is 0 Å². The number of carboxylic acid groups (broad SMARTS) is 2. The fraction of sp³-hybridized carbons (Fsp3) is 0.